The molecule has 65 heavy (non-hydrogen) atoms. The predicted octanol–water partition coefficient (Wildman–Crippen LogP) is 5.97. The maximum Gasteiger partial charge on any atom is 0.328 e. The number of nitrogens with one attached hydrogen (secondary N) is 3. The standard InChI is InChI=1S/C47H53FN12O5/c1-28(52-44(63)43-55-45(65-56-43)47(2,3)4)34-22-37(48)35(21-30(34)26-61)41-36-23-39(53-42(36)51-27-50-41)38-10-9-33(24-49-38)59-19-17-57(18-20-59)25-29-11-14-58(15-12-29)31-5-7-32(8-6-31)60-16-13-40(62)54-46(60)64/h5-10,21-24,27-29,61H,11-20,25-26H2,1-4H3,(H,52,63)(H,50,51,53)(H,54,62,64). The maximum atomic E-state index is 16.0. The number of aromatic nitrogens is 6. The molecule has 4 N–H and O–H groups in total. The molecule has 0 spiro atoms. The molecule has 7 heterocycles. The van der Waals surface area contributed by atoms with Crippen molar-refractivity contribution in [2.24, 2.45) is 5.92 Å². The molecule has 0 aliphatic carbocycles. The van der Waals surface area contributed by atoms with Crippen molar-refractivity contribution in [2.45, 2.75) is 65.0 Å². The molecule has 4 aromatic heterocycles. The molecule has 3 aliphatic heterocycles. The first-order valence-corrected chi connectivity index (χ1v) is 22.1. The zero-order chi connectivity index (χ0) is 45.4. The molecular weight excluding hydrogens is 832 g/mol. The summed E-state index contributed by atoms with van der Waals surface area (Å²) >= 11 is 0. The van der Waals surface area contributed by atoms with Gasteiger partial charge in [0.25, 0.3) is 11.7 Å². The van der Waals surface area contributed by atoms with Crippen molar-refractivity contribution in [2.75, 3.05) is 67.1 Å². The Morgan fingerprint density at radius 1 is 0.923 bits per heavy atom. The fourth-order valence-electron chi connectivity index (χ4n) is 8.92. The molecule has 0 bridgehead atoms. The van der Waals surface area contributed by atoms with Gasteiger partial charge >= 0.3 is 6.03 Å². The Hall–Kier alpha value is -6.79. The lowest BCUT2D eigenvalue weighted by Gasteiger charge is -2.40. The predicted molar refractivity (Wildman–Crippen MR) is 243 cm³/mol. The average Bonchev–Trinajstić information content (AvgIpc) is 3.99. The van der Waals surface area contributed by atoms with E-state index in [0.717, 1.165) is 75.7 Å². The van der Waals surface area contributed by atoms with Crippen LogP contribution in [0.15, 0.2) is 71.6 Å². The van der Waals surface area contributed by atoms with Gasteiger partial charge in [0.2, 0.25) is 11.8 Å². The van der Waals surface area contributed by atoms with Gasteiger partial charge in [-0.15, -0.1) is 0 Å². The van der Waals surface area contributed by atoms with Crippen LogP contribution in [-0.2, 0) is 16.8 Å². The third kappa shape index (κ3) is 9.26. The number of benzene rings is 2. The third-order valence-corrected chi connectivity index (χ3v) is 12.6. The molecule has 9 rings (SSSR count). The van der Waals surface area contributed by atoms with E-state index in [-0.39, 0.29) is 23.3 Å². The molecule has 1 atom stereocenters. The third-order valence-electron chi connectivity index (χ3n) is 12.6. The molecule has 0 saturated carbocycles. The number of carbonyl (C=O) groups is 3. The molecule has 3 saturated heterocycles. The number of hydrogen-bond donors (Lipinski definition) is 4. The quantitative estimate of drug-likeness (QED) is 0.119. The zero-order valence-electron chi connectivity index (χ0n) is 37.0. The van der Waals surface area contributed by atoms with Crippen LogP contribution >= 0.6 is 0 Å². The lowest BCUT2D eigenvalue weighted by atomic mass is 9.95. The number of fused-ring (bicyclic) bond motifs is 1. The minimum absolute atomic E-state index is 0.131. The number of nitrogens with zero attached hydrogens (tertiary/aromatic N) is 9. The smallest absolute Gasteiger partial charge is 0.328 e. The molecule has 4 amide bonds. The number of pyridine rings is 1. The minimum Gasteiger partial charge on any atom is -0.392 e. The van der Waals surface area contributed by atoms with Crippen LogP contribution in [0.4, 0.5) is 26.2 Å². The summed E-state index contributed by atoms with van der Waals surface area (Å²) < 4.78 is 21.3. The van der Waals surface area contributed by atoms with Crippen molar-refractivity contribution in [1.29, 1.82) is 0 Å². The fraction of sp³-hybridized carbons (Fsp3) is 0.404. The number of H-pyrrole nitrogens is 1. The summed E-state index contributed by atoms with van der Waals surface area (Å²) in [6.07, 6.45) is 5.82. The normalized spacial score (nSPS) is 17.2. The van der Waals surface area contributed by atoms with E-state index in [1.165, 1.54) is 12.4 Å². The Labute approximate surface area is 375 Å². The number of aliphatic hydroxyl groups excluding tert-OH is 1. The van der Waals surface area contributed by atoms with Gasteiger partial charge in [0, 0.05) is 86.5 Å². The van der Waals surface area contributed by atoms with Gasteiger partial charge < -0.3 is 29.7 Å². The number of rotatable bonds is 11. The van der Waals surface area contributed by atoms with Crippen LogP contribution < -0.4 is 25.3 Å². The fourth-order valence-corrected chi connectivity index (χ4v) is 8.92. The molecule has 3 fully saturated rings. The highest BCUT2D eigenvalue weighted by molar-refractivity contribution is 6.05. The first kappa shape index (κ1) is 43.5. The summed E-state index contributed by atoms with van der Waals surface area (Å²) in [4.78, 5) is 66.9. The number of carbonyl (C=O) groups excluding carboxylic acids is 3. The highest BCUT2D eigenvalue weighted by Crippen LogP contribution is 2.35. The largest absolute Gasteiger partial charge is 0.392 e. The molecule has 17 nitrogen and oxygen atoms in total. The molecule has 6 aromatic rings. The molecule has 18 heteroatoms. The highest BCUT2D eigenvalue weighted by atomic mass is 19.1. The Balaban J connectivity index is 0.790. The summed E-state index contributed by atoms with van der Waals surface area (Å²) in [6.45, 7) is 14.2. The van der Waals surface area contributed by atoms with Crippen molar-refractivity contribution in [3.63, 3.8) is 0 Å². The molecule has 3 aliphatic rings. The monoisotopic (exact) mass is 884 g/mol. The van der Waals surface area contributed by atoms with E-state index < -0.39 is 29.8 Å². The Bertz CT molecular complexity index is 2700. The van der Waals surface area contributed by atoms with Crippen LogP contribution in [-0.4, -0.2) is 110 Å². The molecule has 2 aromatic carbocycles. The number of hydrogen-bond acceptors (Lipinski definition) is 13. The Morgan fingerprint density at radius 2 is 1.65 bits per heavy atom. The van der Waals surface area contributed by atoms with Crippen LogP contribution in [0.2, 0.25) is 0 Å². The van der Waals surface area contributed by atoms with E-state index >= 15 is 4.39 Å². The van der Waals surface area contributed by atoms with Crippen molar-refractivity contribution < 1.29 is 28.4 Å². The lowest BCUT2D eigenvalue weighted by Crippen LogP contribution is -2.49. The number of aliphatic hydroxyl groups is 1. The van der Waals surface area contributed by atoms with Crippen molar-refractivity contribution in [3.05, 3.63) is 95.8 Å². The van der Waals surface area contributed by atoms with Crippen LogP contribution in [0, 0.1) is 11.7 Å². The van der Waals surface area contributed by atoms with Crippen LogP contribution in [0.5, 0.6) is 0 Å². The maximum absolute atomic E-state index is 16.0. The average molecular weight is 885 g/mol. The van der Waals surface area contributed by atoms with E-state index in [0.29, 0.717) is 64.0 Å². The van der Waals surface area contributed by atoms with Crippen molar-refractivity contribution in [1.82, 2.24) is 45.6 Å². The summed E-state index contributed by atoms with van der Waals surface area (Å²) in [7, 11) is 0. The second-order valence-electron chi connectivity index (χ2n) is 18.1. The zero-order valence-corrected chi connectivity index (χ0v) is 37.0. The van der Waals surface area contributed by atoms with Gasteiger partial charge in [0.1, 0.15) is 17.8 Å². The number of imide groups is 1. The Morgan fingerprint density at radius 3 is 2.32 bits per heavy atom. The SMILES string of the molecule is CC(NC(=O)c1noc(C(C)(C)C)n1)c1cc(F)c(-c2ncnc3[nH]c(-c4ccc(N5CCN(CC6CCN(c7ccc(N8CCC(=O)NC8=O)cc7)CC6)CC5)cn4)cc23)cc1CO. The summed E-state index contributed by atoms with van der Waals surface area (Å²) in [5, 5.41) is 19.9. The van der Waals surface area contributed by atoms with E-state index in [9.17, 15) is 19.5 Å². The molecule has 338 valence electrons. The second kappa shape index (κ2) is 18.0. The molecular formula is C47H53FN12O5. The van der Waals surface area contributed by atoms with Gasteiger partial charge in [-0.25, -0.2) is 19.2 Å². The van der Waals surface area contributed by atoms with E-state index in [1.807, 2.05) is 51.2 Å². The summed E-state index contributed by atoms with van der Waals surface area (Å²) in [5.74, 6) is -0.564. The molecule has 0 radical (unpaired) electrons. The van der Waals surface area contributed by atoms with Gasteiger partial charge in [0.05, 0.1) is 41.6 Å². The van der Waals surface area contributed by atoms with Gasteiger partial charge in [-0.1, -0.05) is 25.9 Å². The number of urea groups is 1. The van der Waals surface area contributed by atoms with Crippen LogP contribution in [0.25, 0.3) is 33.7 Å². The van der Waals surface area contributed by atoms with Crippen molar-refractivity contribution >= 4 is 45.9 Å². The number of amides is 4. The minimum atomic E-state index is -0.686. The summed E-state index contributed by atoms with van der Waals surface area (Å²) in [6, 6.07) is 15.8. The van der Waals surface area contributed by atoms with Crippen LogP contribution in [0.3, 0.4) is 0 Å². The topological polar surface area (TPSA) is 202 Å². The molecule has 1 unspecified atom stereocenters. The first-order valence-electron chi connectivity index (χ1n) is 22.1. The van der Waals surface area contributed by atoms with Crippen LogP contribution in [0.1, 0.15) is 80.6 Å². The van der Waals surface area contributed by atoms with Gasteiger partial charge in [0.15, 0.2) is 0 Å². The van der Waals surface area contributed by atoms with E-state index in [1.54, 1.807) is 17.9 Å². The number of piperidine rings is 1. The second-order valence-corrected chi connectivity index (χ2v) is 18.1. The number of aromatic amines is 1. The van der Waals surface area contributed by atoms with Gasteiger partial charge in [-0.05, 0) is 91.4 Å². The first-order chi connectivity index (χ1) is 31.3. The number of anilines is 3. The van der Waals surface area contributed by atoms with Crippen molar-refractivity contribution in [3.8, 4) is 22.6 Å². The van der Waals surface area contributed by atoms with Gasteiger partial charge in [-0.2, -0.15) is 4.98 Å². The van der Waals surface area contributed by atoms with E-state index in [4.69, 9.17) is 9.51 Å². The summed E-state index contributed by atoms with van der Waals surface area (Å²) in [5.41, 5.74) is 5.86. The number of piperazine rings is 1. The number of halogens is 1. The lowest BCUT2D eigenvalue weighted by molar-refractivity contribution is -0.120. The Kier molecular flexibility index (Phi) is 12.0. The van der Waals surface area contributed by atoms with Gasteiger partial charge in [-0.3, -0.25) is 29.7 Å². The highest BCUT2D eigenvalue weighted by Gasteiger charge is 2.29. The van der Waals surface area contributed by atoms with E-state index in [2.05, 4.69) is 68.6 Å².